The zero-order chi connectivity index (χ0) is 11.8. The van der Waals surface area contributed by atoms with Crippen LogP contribution in [0.25, 0.3) is 6.08 Å². The van der Waals surface area contributed by atoms with Gasteiger partial charge in [-0.15, -0.1) is 0 Å². The molecule has 0 saturated carbocycles. The molecule has 0 aliphatic carbocycles. The maximum absolute atomic E-state index is 5.55. The van der Waals surface area contributed by atoms with Crippen LogP contribution in [0.3, 0.4) is 0 Å². The van der Waals surface area contributed by atoms with E-state index < -0.39 is 0 Å². The largest absolute Gasteiger partial charge is 0.373 e. The van der Waals surface area contributed by atoms with Crippen LogP contribution in [0.2, 0.25) is 0 Å². The second-order valence-electron chi connectivity index (χ2n) is 3.81. The molecule has 0 heterocycles. The van der Waals surface area contributed by atoms with Gasteiger partial charge in [0.25, 0.3) is 0 Å². The Morgan fingerprint density at radius 1 is 0.824 bits per heavy atom. The van der Waals surface area contributed by atoms with Crippen molar-refractivity contribution in [2.24, 2.45) is 0 Å². The molecule has 17 heavy (non-hydrogen) atoms. The summed E-state index contributed by atoms with van der Waals surface area (Å²) in [5.74, 6) is 0. The van der Waals surface area contributed by atoms with Crippen molar-refractivity contribution in [2.45, 2.75) is 6.61 Å². The molecule has 0 amide bonds. The van der Waals surface area contributed by atoms with Crippen LogP contribution in [0.5, 0.6) is 0 Å². The summed E-state index contributed by atoms with van der Waals surface area (Å²) in [4.78, 5) is 0. The maximum atomic E-state index is 5.55. The van der Waals surface area contributed by atoms with Gasteiger partial charge in [0.2, 0.25) is 0 Å². The number of ether oxygens (including phenoxy) is 1. The summed E-state index contributed by atoms with van der Waals surface area (Å²) in [6.45, 7) is 1.31. The Morgan fingerprint density at radius 2 is 1.47 bits per heavy atom. The normalized spacial score (nSPS) is 10.8. The molecule has 0 aliphatic rings. The molecule has 0 spiro atoms. The van der Waals surface area contributed by atoms with Crippen molar-refractivity contribution in [3.05, 3.63) is 77.9 Å². The van der Waals surface area contributed by atoms with E-state index in [4.69, 9.17) is 4.74 Å². The van der Waals surface area contributed by atoms with Crippen molar-refractivity contribution in [1.29, 1.82) is 0 Å². The van der Waals surface area contributed by atoms with Crippen LogP contribution in [-0.4, -0.2) is 6.61 Å². The summed E-state index contributed by atoms with van der Waals surface area (Å²) in [7, 11) is 0. The van der Waals surface area contributed by atoms with E-state index in [1.165, 1.54) is 11.1 Å². The molecule has 0 unspecified atom stereocenters. The van der Waals surface area contributed by atoms with E-state index in [9.17, 15) is 0 Å². The highest BCUT2D eigenvalue weighted by molar-refractivity contribution is 5.48. The molecule has 0 aliphatic heterocycles. The van der Waals surface area contributed by atoms with Gasteiger partial charge in [0.15, 0.2) is 0 Å². The van der Waals surface area contributed by atoms with Crippen molar-refractivity contribution in [2.75, 3.05) is 6.61 Å². The minimum Gasteiger partial charge on any atom is -0.373 e. The van der Waals surface area contributed by atoms with Crippen molar-refractivity contribution >= 4 is 6.08 Å². The molecule has 0 bridgehead atoms. The van der Waals surface area contributed by atoms with Crippen LogP contribution in [0, 0.1) is 0 Å². The number of hydrogen-bond donors (Lipinski definition) is 0. The highest BCUT2D eigenvalue weighted by atomic mass is 16.5. The smallest absolute Gasteiger partial charge is 0.0721 e. The Labute approximate surface area is 102 Å². The van der Waals surface area contributed by atoms with Gasteiger partial charge in [-0.3, -0.25) is 0 Å². The summed E-state index contributed by atoms with van der Waals surface area (Å²) in [6.07, 6.45) is 4.11. The van der Waals surface area contributed by atoms with Crippen molar-refractivity contribution in [3.63, 3.8) is 0 Å². The summed E-state index contributed by atoms with van der Waals surface area (Å²) in [5.41, 5.74) is 2.41. The molecule has 2 rings (SSSR count). The van der Waals surface area contributed by atoms with Gasteiger partial charge >= 0.3 is 0 Å². The minimum absolute atomic E-state index is 0.643. The van der Waals surface area contributed by atoms with E-state index >= 15 is 0 Å². The molecular weight excluding hydrogens is 208 g/mol. The zero-order valence-electron chi connectivity index (χ0n) is 9.75. The first-order valence-electron chi connectivity index (χ1n) is 5.78. The predicted molar refractivity (Wildman–Crippen MR) is 71.6 cm³/mol. The molecule has 1 nitrogen and oxygen atoms in total. The van der Waals surface area contributed by atoms with Gasteiger partial charge in [-0.1, -0.05) is 72.8 Å². The third-order valence-corrected chi connectivity index (χ3v) is 2.44. The molecule has 86 valence electrons. The van der Waals surface area contributed by atoms with Gasteiger partial charge in [0.1, 0.15) is 0 Å². The molecule has 0 fully saturated rings. The molecule has 1 heteroatoms. The van der Waals surface area contributed by atoms with Gasteiger partial charge < -0.3 is 4.74 Å². The van der Waals surface area contributed by atoms with E-state index in [1.54, 1.807) is 0 Å². The van der Waals surface area contributed by atoms with E-state index in [0.29, 0.717) is 13.2 Å². The fourth-order valence-electron chi connectivity index (χ4n) is 1.57. The monoisotopic (exact) mass is 224 g/mol. The lowest BCUT2D eigenvalue weighted by Gasteiger charge is -2.00. The van der Waals surface area contributed by atoms with E-state index in [-0.39, 0.29) is 0 Å². The predicted octanol–water partition coefficient (Wildman–Crippen LogP) is 3.92. The van der Waals surface area contributed by atoms with Crippen LogP contribution >= 0.6 is 0 Å². The molecule has 0 aromatic heterocycles. The Bertz CT molecular complexity index is 445. The molecule has 0 saturated heterocycles. The third-order valence-electron chi connectivity index (χ3n) is 2.44. The Morgan fingerprint density at radius 3 is 2.18 bits per heavy atom. The van der Waals surface area contributed by atoms with Gasteiger partial charge in [-0.2, -0.15) is 0 Å². The SMILES string of the molecule is C(=Cc1ccccc1)COCc1ccccc1. The number of rotatable bonds is 5. The molecule has 2 aromatic rings. The molecule has 0 N–H and O–H groups in total. The van der Waals surface area contributed by atoms with Crippen molar-refractivity contribution in [1.82, 2.24) is 0 Å². The third kappa shape index (κ3) is 4.25. The van der Waals surface area contributed by atoms with Gasteiger partial charge in [-0.05, 0) is 11.1 Å². The summed E-state index contributed by atoms with van der Waals surface area (Å²) in [5, 5.41) is 0. The van der Waals surface area contributed by atoms with Gasteiger partial charge in [-0.25, -0.2) is 0 Å². The lowest BCUT2D eigenvalue weighted by atomic mass is 10.2. The highest BCUT2D eigenvalue weighted by Crippen LogP contribution is 2.02. The highest BCUT2D eigenvalue weighted by Gasteiger charge is 1.89. The van der Waals surface area contributed by atoms with Crippen LogP contribution in [-0.2, 0) is 11.3 Å². The number of benzene rings is 2. The average molecular weight is 224 g/mol. The maximum Gasteiger partial charge on any atom is 0.0721 e. The summed E-state index contributed by atoms with van der Waals surface area (Å²) < 4.78 is 5.55. The number of hydrogen-bond acceptors (Lipinski definition) is 1. The first-order valence-corrected chi connectivity index (χ1v) is 5.78. The van der Waals surface area contributed by atoms with Crippen molar-refractivity contribution in [3.8, 4) is 0 Å². The molecule has 2 aromatic carbocycles. The lowest BCUT2D eigenvalue weighted by Crippen LogP contribution is -1.91. The first kappa shape index (κ1) is 11.6. The van der Waals surface area contributed by atoms with Crippen LogP contribution in [0.1, 0.15) is 11.1 Å². The fourth-order valence-corrected chi connectivity index (χ4v) is 1.57. The second kappa shape index (κ2) is 6.66. The minimum atomic E-state index is 0.643. The van der Waals surface area contributed by atoms with Crippen molar-refractivity contribution < 1.29 is 4.74 Å². The molecular formula is C16H16O. The molecule has 0 atom stereocenters. The van der Waals surface area contributed by atoms with Crippen LogP contribution in [0.15, 0.2) is 66.7 Å². The van der Waals surface area contributed by atoms with Crippen LogP contribution < -0.4 is 0 Å². The lowest BCUT2D eigenvalue weighted by molar-refractivity contribution is 0.149. The second-order valence-corrected chi connectivity index (χ2v) is 3.81. The summed E-state index contributed by atoms with van der Waals surface area (Å²) >= 11 is 0. The topological polar surface area (TPSA) is 9.23 Å². The van der Waals surface area contributed by atoms with E-state index in [2.05, 4.69) is 30.3 Å². The standard InChI is InChI=1S/C16H16O/c1-3-8-15(9-4-1)12-7-13-17-14-16-10-5-2-6-11-16/h1-12H,13-14H2. The Balaban J connectivity index is 1.72. The Hall–Kier alpha value is -1.86. The zero-order valence-corrected chi connectivity index (χ0v) is 9.75. The average Bonchev–Trinajstić information content (AvgIpc) is 2.41. The fraction of sp³-hybridized carbons (Fsp3) is 0.125. The van der Waals surface area contributed by atoms with Gasteiger partial charge in [0.05, 0.1) is 13.2 Å². The van der Waals surface area contributed by atoms with E-state index in [0.717, 1.165) is 0 Å². The first-order chi connectivity index (χ1) is 8.45. The summed E-state index contributed by atoms with van der Waals surface area (Å²) in [6, 6.07) is 20.4. The molecule has 0 radical (unpaired) electrons. The van der Waals surface area contributed by atoms with E-state index in [1.807, 2.05) is 42.5 Å². The quantitative estimate of drug-likeness (QED) is 0.699. The Kier molecular flexibility index (Phi) is 4.56. The van der Waals surface area contributed by atoms with Gasteiger partial charge in [0, 0.05) is 0 Å². The van der Waals surface area contributed by atoms with Crippen LogP contribution in [0.4, 0.5) is 0 Å².